The van der Waals surface area contributed by atoms with E-state index in [1.54, 1.807) is 47.4 Å². The molecule has 0 N–H and O–H groups in total. The first-order valence-electron chi connectivity index (χ1n) is 6.58. The zero-order valence-corrected chi connectivity index (χ0v) is 13.6. The summed E-state index contributed by atoms with van der Waals surface area (Å²) in [6.07, 6.45) is 1.30. The van der Waals surface area contributed by atoms with Gasteiger partial charge in [-0.15, -0.1) is 0 Å². The smallest absolute Gasteiger partial charge is 0.220 e. The molecule has 0 spiro atoms. The number of allylic oxidation sites excluding steroid dienone is 1. The Morgan fingerprint density at radius 1 is 1.22 bits per heavy atom. The van der Waals surface area contributed by atoms with Crippen LogP contribution in [0.2, 0.25) is 5.02 Å². The Labute approximate surface area is 138 Å². The molecule has 1 heterocycles. The van der Waals surface area contributed by atoms with E-state index >= 15 is 0 Å². The second kappa shape index (κ2) is 5.61. The van der Waals surface area contributed by atoms with Gasteiger partial charge in [-0.2, -0.15) is 5.26 Å². The number of halogens is 1. The minimum Gasteiger partial charge on any atom is -0.495 e. The lowest BCUT2D eigenvalue weighted by atomic mass is 10.2. The van der Waals surface area contributed by atoms with Crippen molar-refractivity contribution in [1.29, 1.82) is 5.26 Å². The third-order valence-corrected chi connectivity index (χ3v) is 5.47. The lowest BCUT2D eigenvalue weighted by molar-refractivity contribution is 0.415. The second-order valence-electron chi connectivity index (χ2n) is 4.77. The van der Waals surface area contributed by atoms with E-state index < -0.39 is 9.84 Å². The van der Waals surface area contributed by atoms with Gasteiger partial charge in [0.1, 0.15) is 11.8 Å². The molecule has 0 radical (unpaired) electrons. The lowest BCUT2D eigenvalue weighted by Crippen LogP contribution is -2.21. The van der Waals surface area contributed by atoms with E-state index in [0.717, 1.165) is 0 Å². The van der Waals surface area contributed by atoms with Crippen LogP contribution in [0.15, 0.2) is 58.5 Å². The summed E-state index contributed by atoms with van der Waals surface area (Å²) >= 11 is 6.15. The van der Waals surface area contributed by atoms with Crippen LogP contribution in [-0.2, 0) is 9.84 Å². The molecule has 0 saturated heterocycles. The predicted molar refractivity (Wildman–Crippen MR) is 87.5 cm³/mol. The van der Waals surface area contributed by atoms with Crippen LogP contribution in [0.5, 0.6) is 5.75 Å². The van der Waals surface area contributed by atoms with Gasteiger partial charge in [-0.1, -0.05) is 23.7 Å². The zero-order valence-electron chi connectivity index (χ0n) is 12.0. The molecule has 5 nitrogen and oxygen atoms in total. The zero-order chi connectivity index (χ0) is 16.6. The van der Waals surface area contributed by atoms with Crippen molar-refractivity contribution in [1.82, 2.24) is 0 Å². The van der Waals surface area contributed by atoms with Crippen molar-refractivity contribution in [3.63, 3.8) is 0 Å². The van der Waals surface area contributed by atoms with Gasteiger partial charge in [-0.25, -0.2) is 8.42 Å². The number of anilines is 2. The molecule has 0 bridgehead atoms. The van der Waals surface area contributed by atoms with Crippen molar-refractivity contribution in [3.05, 3.63) is 58.6 Å². The number of nitriles is 1. The molecule has 0 atom stereocenters. The molecule has 2 aromatic carbocycles. The van der Waals surface area contributed by atoms with Gasteiger partial charge >= 0.3 is 0 Å². The lowest BCUT2D eigenvalue weighted by Gasteiger charge is -2.27. The maximum absolute atomic E-state index is 12.4. The summed E-state index contributed by atoms with van der Waals surface area (Å²) in [5.74, 6) is 0.512. The average Bonchev–Trinajstić information content (AvgIpc) is 2.55. The van der Waals surface area contributed by atoms with Crippen LogP contribution in [0.1, 0.15) is 0 Å². The van der Waals surface area contributed by atoms with Crippen LogP contribution in [0, 0.1) is 11.3 Å². The molecule has 23 heavy (non-hydrogen) atoms. The molecule has 1 aliphatic heterocycles. The highest BCUT2D eigenvalue weighted by atomic mass is 35.5. The number of hydrogen-bond acceptors (Lipinski definition) is 5. The Morgan fingerprint density at radius 3 is 2.61 bits per heavy atom. The van der Waals surface area contributed by atoms with Crippen molar-refractivity contribution in [3.8, 4) is 11.8 Å². The Hall–Kier alpha value is -2.49. The first kappa shape index (κ1) is 15.4. The first-order chi connectivity index (χ1) is 11.0. The summed E-state index contributed by atoms with van der Waals surface area (Å²) in [4.78, 5) is 1.40. The molecule has 0 unspecified atom stereocenters. The average molecular weight is 347 g/mol. The van der Waals surface area contributed by atoms with Gasteiger partial charge in [0.2, 0.25) is 9.84 Å². The van der Waals surface area contributed by atoms with Crippen molar-refractivity contribution >= 4 is 32.8 Å². The van der Waals surface area contributed by atoms with Crippen LogP contribution in [0.25, 0.3) is 0 Å². The van der Waals surface area contributed by atoms with E-state index in [4.69, 9.17) is 16.3 Å². The van der Waals surface area contributed by atoms with Crippen LogP contribution < -0.4 is 9.64 Å². The number of methoxy groups -OCH3 is 1. The van der Waals surface area contributed by atoms with Crippen molar-refractivity contribution < 1.29 is 13.2 Å². The molecule has 0 saturated carbocycles. The van der Waals surface area contributed by atoms with E-state index in [1.807, 2.05) is 0 Å². The van der Waals surface area contributed by atoms with Crippen molar-refractivity contribution in [2.45, 2.75) is 4.90 Å². The maximum atomic E-state index is 12.4. The van der Waals surface area contributed by atoms with Gasteiger partial charge in [0, 0.05) is 11.9 Å². The Bertz CT molecular complexity index is 962. The van der Waals surface area contributed by atoms with Crippen LogP contribution >= 0.6 is 11.6 Å². The SMILES string of the molecule is COc1ccc(N2C=C(C#N)S(=O)(=O)c3ccccc32)cc1Cl. The summed E-state index contributed by atoms with van der Waals surface area (Å²) in [7, 11) is -2.28. The number of hydrogen-bond donors (Lipinski definition) is 0. The molecular formula is C16H11ClN2O3S. The van der Waals surface area contributed by atoms with Gasteiger partial charge in [0.05, 0.1) is 22.7 Å². The number of sulfone groups is 1. The third-order valence-electron chi connectivity index (χ3n) is 3.47. The normalized spacial score (nSPS) is 15.3. The number of ether oxygens (including phenoxy) is 1. The summed E-state index contributed by atoms with van der Waals surface area (Å²) in [6.45, 7) is 0. The van der Waals surface area contributed by atoms with Gasteiger partial charge in [0.25, 0.3) is 0 Å². The summed E-state index contributed by atoms with van der Waals surface area (Å²) < 4.78 is 30.0. The van der Waals surface area contributed by atoms with Gasteiger partial charge in [-0.3, -0.25) is 0 Å². The highest BCUT2D eigenvalue weighted by Gasteiger charge is 2.31. The van der Waals surface area contributed by atoms with E-state index in [-0.39, 0.29) is 9.80 Å². The number of benzene rings is 2. The summed E-state index contributed by atoms with van der Waals surface area (Å²) in [5, 5.41) is 9.57. The summed E-state index contributed by atoms with van der Waals surface area (Å²) in [6, 6.07) is 13.3. The van der Waals surface area contributed by atoms with Gasteiger partial charge in [0.15, 0.2) is 4.91 Å². The fourth-order valence-corrected chi connectivity index (χ4v) is 3.92. The maximum Gasteiger partial charge on any atom is 0.220 e. The molecule has 2 aromatic rings. The molecule has 1 aliphatic rings. The molecular weight excluding hydrogens is 336 g/mol. The predicted octanol–water partition coefficient (Wildman–Crippen LogP) is 3.64. The second-order valence-corrected chi connectivity index (χ2v) is 7.06. The van der Waals surface area contributed by atoms with Gasteiger partial charge in [-0.05, 0) is 30.3 Å². The first-order valence-corrected chi connectivity index (χ1v) is 8.44. The molecule has 116 valence electrons. The molecule has 0 amide bonds. The fourth-order valence-electron chi connectivity index (χ4n) is 2.37. The Morgan fingerprint density at radius 2 is 1.96 bits per heavy atom. The van der Waals surface area contributed by atoms with Crippen LogP contribution in [0.3, 0.4) is 0 Å². The van der Waals surface area contributed by atoms with Crippen molar-refractivity contribution in [2.75, 3.05) is 12.0 Å². The number of rotatable bonds is 2. The van der Waals surface area contributed by atoms with E-state index in [1.165, 1.54) is 19.4 Å². The standard InChI is InChI=1S/C16H11ClN2O3S/c1-22-15-7-6-11(8-13(15)17)19-10-12(9-18)23(20,21)16-5-3-2-4-14(16)19/h2-8,10H,1H3. The van der Waals surface area contributed by atoms with E-state index in [2.05, 4.69) is 0 Å². The monoisotopic (exact) mass is 346 g/mol. The topological polar surface area (TPSA) is 70.4 Å². The van der Waals surface area contributed by atoms with Crippen LogP contribution in [-0.4, -0.2) is 15.5 Å². The molecule has 7 heteroatoms. The minimum absolute atomic E-state index is 0.0889. The van der Waals surface area contributed by atoms with Crippen molar-refractivity contribution in [2.24, 2.45) is 0 Å². The highest BCUT2D eigenvalue weighted by Crippen LogP contribution is 2.40. The molecule has 0 fully saturated rings. The largest absolute Gasteiger partial charge is 0.495 e. The van der Waals surface area contributed by atoms with E-state index in [9.17, 15) is 13.7 Å². The van der Waals surface area contributed by atoms with Gasteiger partial charge < -0.3 is 9.64 Å². The van der Waals surface area contributed by atoms with Crippen LogP contribution in [0.4, 0.5) is 11.4 Å². The Balaban J connectivity index is 2.24. The molecule has 0 aliphatic carbocycles. The fraction of sp³-hybridized carbons (Fsp3) is 0.0625. The Kier molecular flexibility index (Phi) is 3.76. The van der Waals surface area contributed by atoms with E-state index in [0.29, 0.717) is 22.1 Å². The number of fused-ring (bicyclic) bond motifs is 1. The quantitative estimate of drug-likeness (QED) is 0.830. The minimum atomic E-state index is -3.80. The third kappa shape index (κ3) is 2.44. The molecule has 0 aromatic heterocycles. The number of para-hydroxylation sites is 1. The molecule has 3 rings (SSSR count). The number of nitrogens with zero attached hydrogens (tertiary/aromatic N) is 2. The highest BCUT2D eigenvalue weighted by molar-refractivity contribution is 7.95. The summed E-state index contributed by atoms with van der Waals surface area (Å²) in [5.41, 5.74) is 1.10.